The van der Waals surface area contributed by atoms with Gasteiger partial charge in [0.15, 0.2) is 0 Å². The van der Waals surface area contributed by atoms with Gasteiger partial charge >= 0.3 is 5.97 Å². The molecule has 2 aromatic heterocycles. The van der Waals surface area contributed by atoms with Crippen molar-refractivity contribution in [2.45, 2.75) is 45.3 Å². The van der Waals surface area contributed by atoms with Crippen molar-refractivity contribution in [3.63, 3.8) is 0 Å². The molecule has 1 aliphatic rings. The Morgan fingerprint density at radius 3 is 2.82 bits per heavy atom. The highest BCUT2D eigenvalue weighted by Gasteiger charge is 2.31. The maximum atomic E-state index is 11.6. The lowest BCUT2D eigenvalue weighted by atomic mass is 10.1. The van der Waals surface area contributed by atoms with Gasteiger partial charge in [0.2, 0.25) is 5.95 Å². The Kier molecular flexibility index (Phi) is 8.23. The van der Waals surface area contributed by atoms with Gasteiger partial charge in [0.1, 0.15) is 17.6 Å². The number of carboxylic acids is 1. The first-order valence-electron chi connectivity index (χ1n) is 12.3. The number of nitrogens with two attached hydrogens (primary N) is 1. The molecule has 11 nitrogen and oxygen atoms in total. The van der Waals surface area contributed by atoms with Crippen molar-refractivity contribution in [2.75, 3.05) is 16.8 Å². The topological polar surface area (TPSA) is 166 Å². The van der Waals surface area contributed by atoms with E-state index in [0.717, 1.165) is 12.0 Å². The summed E-state index contributed by atoms with van der Waals surface area (Å²) in [5.41, 5.74) is 3.39. The lowest BCUT2D eigenvalue weighted by molar-refractivity contribution is -0.138. The fraction of sp³-hybridized carbons (Fsp3) is 0.296. The molecule has 1 atom stereocenters. The quantitative estimate of drug-likeness (QED) is 0.222. The summed E-state index contributed by atoms with van der Waals surface area (Å²) in [7, 11) is 0. The third-order valence-corrected chi connectivity index (χ3v) is 5.92. The highest BCUT2D eigenvalue weighted by atomic mass is 16.4. The lowest BCUT2D eigenvalue weighted by Gasteiger charge is -2.22. The van der Waals surface area contributed by atoms with E-state index in [4.69, 9.17) is 5.84 Å². The highest BCUT2D eigenvalue weighted by molar-refractivity contribution is 6.37. The van der Waals surface area contributed by atoms with Gasteiger partial charge in [-0.3, -0.25) is 4.99 Å². The predicted molar refractivity (Wildman–Crippen MR) is 146 cm³/mol. The molecular formula is C27H29N9O2. The molecule has 0 spiro atoms. The molecular weight excluding hydrogens is 482 g/mol. The van der Waals surface area contributed by atoms with Crippen molar-refractivity contribution in [1.29, 1.82) is 5.26 Å². The van der Waals surface area contributed by atoms with Gasteiger partial charge in [0.25, 0.3) is 0 Å². The molecule has 1 saturated heterocycles. The molecule has 1 fully saturated rings. The van der Waals surface area contributed by atoms with Crippen molar-refractivity contribution < 1.29 is 9.90 Å². The Morgan fingerprint density at radius 2 is 2.08 bits per heavy atom. The van der Waals surface area contributed by atoms with Crippen molar-refractivity contribution in [1.82, 2.24) is 15.0 Å². The number of nitrogens with one attached hydrogen (secondary N) is 1. The van der Waals surface area contributed by atoms with Crippen LogP contribution in [-0.4, -0.2) is 56.6 Å². The minimum Gasteiger partial charge on any atom is -0.480 e. The fourth-order valence-corrected chi connectivity index (χ4v) is 4.20. The Labute approximate surface area is 220 Å². The summed E-state index contributed by atoms with van der Waals surface area (Å²) in [5.74, 6) is 5.90. The maximum Gasteiger partial charge on any atom is 0.326 e. The van der Waals surface area contributed by atoms with E-state index in [-0.39, 0.29) is 12.6 Å². The number of carbonyl (C=O) groups is 1. The molecule has 1 aromatic carbocycles. The second kappa shape index (κ2) is 11.9. The number of hydrogen-bond donors (Lipinski definition) is 3. The Morgan fingerprint density at radius 1 is 1.26 bits per heavy atom. The number of aliphatic carboxylic acids is 1. The first-order valence-corrected chi connectivity index (χ1v) is 12.3. The Bertz CT molecular complexity index is 1410. The second-order valence-corrected chi connectivity index (χ2v) is 9.11. The summed E-state index contributed by atoms with van der Waals surface area (Å²) in [6.07, 6.45) is 2.94. The average molecular weight is 512 g/mol. The first-order chi connectivity index (χ1) is 18.4. The van der Waals surface area contributed by atoms with E-state index in [2.05, 4.69) is 36.4 Å². The summed E-state index contributed by atoms with van der Waals surface area (Å²) in [6.45, 7) is 4.86. The van der Waals surface area contributed by atoms with Crippen LogP contribution in [-0.2, 0) is 11.3 Å². The van der Waals surface area contributed by atoms with Gasteiger partial charge in [0, 0.05) is 18.2 Å². The van der Waals surface area contributed by atoms with Crippen LogP contribution in [0.15, 0.2) is 58.6 Å². The first kappa shape index (κ1) is 26.2. The summed E-state index contributed by atoms with van der Waals surface area (Å²) >= 11 is 0. The molecule has 1 aliphatic heterocycles. The van der Waals surface area contributed by atoms with Crippen LogP contribution in [0.4, 0.5) is 11.8 Å². The van der Waals surface area contributed by atoms with Gasteiger partial charge in [-0.15, -0.1) is 0 Å². The van der Waals surface area contributed by atoms with Crippen molar-refractivity contribution in [2.24, 2.45) is 15.9 Å². The number of rotatable bonds is 9. The molecule has 194 valence electrons. The van der Waals surface area contributed by atoms with Crippen LogP contribution in [0, 0.1) is 11.3 Å². The number of anilines is 2. The van der Waals surface area contributed by atoms with E-state index >= 15 is 0 Å². The van der Waals surface area contributed by atoms with Gasteiger partial charge in [-0.25, -0.2) is 19.7 Å². The van der Waals surface area contributed by atoms with Crippen LogP contribution in [0.25, 0.3) is 11.3 Å². The zero-order valence-corrected chi connectivity index (χ0v) is 21.2. The molecule has 0 radical (unpaired) electrons. The summed E-state index contributed by atoms with van der Waals surface area (Å²) in [5, 5.41) is 25.9. The monoisotopic (exact) mass is 511 g/mol. The number of hydrogen-bond acceptors (Lipinski definition) is 10. The lowest BCUT2D eigenvalue weighted by Crippen LogP contribution is -2.36. The smallest absolute Gasteiger partial charge is 0.326 e. The van der Waals surface area contributed by atoms with Gasteiger partial charge in [-0.05, 0) is 57.0 Å². The normalized spacial score (nSPS) is 15.7. The molecule has 11 heteroatoms. The van der Waals surface area contributed by atoms with E-state index in [1.54, 1.807) is 24.3 Å². The van der Waals surface area contributed by atoms with Crippen LogP contribution in [0.5, 0.6) is 0 Å². The molecule has 0 bridgehead atoms. The van der Waals surface area contributed by atoms with Crippen LogP contribution in [0.2, 0.25) is 0 Å². The number of benzene rings is 1. The zero-order valence-electron chi connectivity index (χ0n) is 21.2. The van der Waals surface area contributed by atoms with Crippen LogP contribution in [0.3, 0.4) is 0 Å². The number of aromatic nitrogens is 3. The number of hydrazone groups is 1. The van der Waals surface area contributed by atoms with Gasteiger partial charge in [-0.1, -0.05) is 18.2 Å². The molecule has 0 aliphatic carbocycles. The van der Waals surface area contributed by atoms with E-state index in [9.17, 15) is 15.2 Å². The van der Waals surface area contributed by atoms with Gasteiger partial charge in [-0.2, -0.15) is 10.4 Å². The van der Waals surface area contributed by atoms with E-state index in [1.165, 1.54) is 6.21 Å². The largest absolute Gasteiger partial charge is 0.480 e. The number of aliphatic imine (C=N–C) groups is 1. The minimum absolute atomic E-state index is 0.0881. The van der Waals surface area contributed by atoms with Crippen LogP contribution < -0.4 is 16.1 Å². The number of nitriles is 1. The SMILES string of the molecule is CC(C)Nc1nc(C(C=NCc2cccc(N3CCC[C@@H]3C(=O)O)n2)=NN)cc(-c2cccc(C#N)c2)n1. The summed E-state index contributed by atoms with van der Waals surface area (Å²) < 4.78 is 0. The molecule has 0 amide bonds. The minimum atomic E-state index is -0.841. The summed E-state index contributed by atoms with van der Waals surface area (Å²) in [4.78, 5) is 31.6. The Balaban J connectivity index is 1.57. The van der Waals surface area contributed by atoms with Crippen LogP contribution in [0.1, 0.15) is 43.6 Å². The van der Waals surface area contributed by atoms with Gasteiger partial charge in [0.05, 0.1) is 41.5 Å². The van der Waals surface area contributed by atoms with Crippen molar-refractivity contribution in [3.8, 4) is 17.3 Å². The third-order valence-electron chi connectivity index (χ3n) is 5.92. The fourth-order valence-electron chi connectivity index (χ4n) is 4.20. The highest BCUT2D eigenvalue weighted by Crippen LogP contribution is 2.24. The summed E-state index contributed by atoms with van der Waals surface area (Å²) in [6, 6.07) is 16.1. The number of pyridine rings is 1. The molecule has 3 heterocycles. The second-order valence-electron chi connectivity index (χ2n) is 9.11. The molecule has 4 N–H and O–H groups in total. The van der Waals surface area contributed by atoms with Crippen molar-refractivity contribution >= 4 is 29.7 Å². The molecule has 38 heavy (non-hydrogen) atoms. The molecule has 4 rings (SSSR count). The molecule has 0 unspecified atom stereocenters. The van der Waals surface area contributed by atoms with Crippen molar-refractivity contribution in [3.05, 3.63) is 65.5 Å². The van der Waals surface area contributed by atoms with E-state index in [0.29, 0.717) is 53.1 Å². The van der Waals surface area contributed by atoms with E-state index in [1.807, 2.05) is 43.0 Å². The molecule has 3 aromatic rings. The van der Waals surface area contributed by atoms with Gasteiger partial charge < -0.3 is 21.2 Å². The molecule has 0 saturated carbocycles. The zero-order chi connectivity index (χ0) is 27.1. The predicted octanol–water partition coefficient (Wildman–Crippen LogP) is 3.22. The average Bonchev–Trinajstić information content (AvgIpc) is 3.41. The Hall–Kier alpha value is -4.85. The third kappa shape index (κ3) is 6.28. The maximum absolute atomic E-state index is 11.6. The number of nitrogens with zero attached hydrogens (tertiary/aromatic N) is 7. The standard InChI is InChI=1S/C27H29N9O2/c1-17(2)31-27-33-21(19-7-3-6-18(12-19)14-28)13-22(34-27)23(35-29)16-30-15-20-8-4-10-25(32-20)36-11-5-9-24(36)26(37)38/h3-4,6-8,10,12-13,16-17,24H,5,9,11,15,29H2,1-2H3,(H,37,38)(H,31,33,34)/t24-/m1/s1. The number of carboxylic acid groups (broad SMARTS) is 1. The van der Waals surface area contributed by atoms with E-state index < -0.39 is 12.0 Å². The van der Waals surface area contributed by atoms with Crippen LogP contribution >= 0.6 is 0 Å².